The van der Waals surface area contributed by atoms with Gasteiger partial charge in [0.1, 0.15) is 11.8 Å². The maximum atomic E-state index is 11.8. The molecule has 1 atom stereocenters. The van der Waals surface area contributed by atoms with Gasteiger partial charge in [0.05, 0.1) is 0 Å². The molecule has 1 fully saturated rings. The Labute approximate surface area is 116 Å². The zero-order valence-corrected chi connectivity index (χ0v) is 10.9. The van der Waals surface area contributed by atoms with Crippen LogP contribution in [-0.2, 0) is 20.8 Å². The van der Waals surface area contributed by atoms with Crippen LogP contribution in [-0.4, -0.2) is 28.9 Å². The number of aryl methyl sites for hydroxylation is 1. The van der Waals surface area contributed by atoms with Gasteiger partial charge in [-0.05, 0) is 24.5 Å². The second kappa shape index (κ2) is 6.18. The lowest BCUT2D eigenvalue weighted by Crippen LogP contribution is -2.52. The van der Waals surface area contributed by atoms with Gasteiger partial charge < -0.3 is 10.4 Å². The van der Waals surface area contributed by atoms with Crippen molar-refractivity contribution in [3.8, 4) is 5.75 Å². The number of nitrogens with one attached hydrogen (secondary N) is 2. The van der Waals surface area contributed by atoms with E-state index in [1.807, 2.05) is 0 Å². The van der Waals surface area contributed by atoms with Crippen molar-refractivity contribution in [2.45, 2.75) is 31.7 Å². The molecule has 0 bridgehead atoms. The lowest BCUT2D eigenvalue weighted by atomic mass is 10.0. The van der Waals surface area contributed by atoms with E-state index in [4.69, 9.17) is 0 Å². The van der Waals surface area contributed by atoms with Gasteiger partial charge in [0, 0.05) is 12.8 Å². The summed E-state index contributed by atoms with van der Waals surface area (Å²) in [6, 6.07) is 6.15. The lowest BCUT2D eigenvalue weighted by Gasteiger charge is -2.21. The maximum absolute atomic E-state index is 11.8. The topological polar surface area (TPSA) is 95.5 Å². The average molecular weight is 276 g/mol. The Morgan fingerprint density at radius 2 is 2.10 bits per heavy atom. The minimum Gasteiger partial charge on any atom is -0.508 e. The Bertz CT molecular complexity index is 542. The molecule has 0 aliphatic carbocycles. The van der Waals surface area contributed by atoms with Crippen LogP contribution in [0.2, 0.25) is 0 Å². The fourth-order valence-electron chi connectivity index (χ4n) is 2.07. The van der Waals surface area contributed by atoms with E-state index in [2.05, 4.69) is 10.6 Å². The van der Waals surface area contributed by atoms with Gasteiger partial charge >= 0.3 is 0 Å². The van der Waals surface area contributed by atoms with Crippen LogP contribution in [0.15, 0.2) is 24.3 Å². The summed E-state index contributed by atoms with van der Waals surface area (Å²) in [4.78, 5) is 34.2. The van der Waals surface area contributed by atoms with Gasteiger partial charge in [-0.2, -0.15) is 0 Å². The molecule has 0 aromatic heterocycles. The van der Waals surface area contributed by atoms with E-state index >= 15 is 0 Å². The van der Waals surface area contributed by atoms with Crippen molar-refractivity contribution >= 4 is 17.7 Å². The van der Waals surface area contributed by atoms with Gasteiger partial charge in [-0.25, -0.2) is 0 Å². The number of hydrogen-bond acceptors (Lipinski definition) is 4. The highest BCUT2D eigenvalue weighted by atomic mass is 16.3. The van der Waals surface area contributed by atoms with E-state index in [1.54, 1.807) is 24.3 Å². The third kappa shape index (κ3) is 3.57. The van der Waals surface area contributed by atoms with Gasteiger partial charge in [0.2, 0.25) is 17.7 Å². The maximum Gasteiger partial charge on any atom is 0.249 e. The number of para-hydroxylation sites is 1. The zero-order valence-electron chi connectivity index (χ0n) is 10.9. The number of phenolic OH excluding ortho intramolecular Hbond substituents is 1. The molecule has 106 valence electrons. The summed E-state index contributed by atoms with van der Waals surface area (Å²) in [6.07, 6.45) is 1.13. The minimum atomic E-state index is -0.649. The molecule has 1 heterocycles. The van der Waals surface area contributed by atoms with Crippen molar-refractivity contribution in [1.29, 1.82) is 0 Å². The van der Waals surface area contributed by atoms with Crippen molar-refractivity contribution in [1.82, 2.24) is 10.6 Å². The van der Waals surface area contributed by atoms with Crippen LogP contribution in [0.25, 0.3) is 0 Å². The van der Waals surface area contributed by atoms with Crippen LogP contribution in [0.5, 0.6) is 5.75 Å². The molecule has 0 radical (unpaired) electrons. The van der Waals surface area contributed by atoms with E-state index < -0.39 is 11.9 Å². The summed E-state index contributed by atoms with van der Waals surface area (Å²) in [5, 5.41) is 14.4. The van der Waals surface area contributed by atoms with Crippen molar-refractivity contribution in [2.75, 3.05) is 0 Å². The molecular weight excluding hydrogens is 260 g/mol. The highest BCUT2D eigenvalue weighted by molar-refractivity contribution is 6.01. The Hall–Kier alpha value is -2.37. The molecule has 1 aliphatic rings. The third-order valence-electron chi connectivity index (χ3n) is 3.19. The van der Waals surface area contributed by atoms with E-state index in [0.717, 1.165) is 0 Å². The van der Waals surface area contributed by atoms with Crippen LogP contribution in [0.1, 0.15) is 24.8 Å². The largest absolute Gasteiger partial charge is 0.508 e. The number of rotatable bonds is 4. The first-order chi connectivity index (χ1) is 9.56. The standard InChI is InChI=1S/C14H16N2O4/c17-11-4-2-1-3-9(11)5-7-12(18)15-10-6-8-13(19)16-14(10)20/h1-4,10,17H,5-8H2,(H,15,18)(H,16,19,20). The van der Waals surface area contributed by atoms with Crippen LogP contribution in [0.4, 0.5) is 0 Å². The summed E-state index contributed by atoms with van der Waals surface area (Å²) < 4.78 is 0. The van der Waals surface area contributed by atoms with E-state index in [0.29, 0.717) is 18.4 Å². The second-order valence-corrected chi connectivity index (χ2v) is 4.70. The SMILES string of the molecule is O=C1CCC(NC(=O)CCc2ccccc2O)C(=O)N1. The molecule has 2 rings (SSSR count). The normalized spacial score (nSPS) is 18.5. The molecular formula is C14H16N2O4. The lowest BCUT2D eigenvalue weighted by molar-refractivity contribution is -0.137. The molecule has 6 heteroatoms. The first-order valence-electron chi connectivity index (χ1n) is 6.46. The highest BCUT2D eigenvalue weighted by Gasteiger charge is 2.27. The number of benzene rings is 1. The summed E-state index contributed by atoms with van der Waals surface area (Å²) in [5.41, 5.74) is 0.686. The summed E-state index contributed by atoms with van der Waals surface area (Å²) in [5.74, 6) is -0.893. The molecule has 1 aromatic rings. The molecule has 1 unspecified atom stereocenters. The van der Waals surface area contributed by atoms with Crippen LogP contribution >= 0.6 is 0 Å². The first kappa shape index (κ1) is 14.0. The monoisotopic (exact) mass is 276 g/mol. The van der Waals surface area contributed by atoms with Crippen LogP contribution < -0.4 is 10.6 Å². The Kier molecular flexibility index (Phi) is 4.34. The third-order valence-corrected chi connectivity index (χ3v) is 3.19. The van der Waals surface area contributed by atoms with Gasteiger partial charge in [-0.1, -0.05) is 18.2 Å². The molecule has 0 spiro atoms. The number of piperidine rings is 1. The number of amides is 3. The molecule has 6 nitrogen and oxygen atoms in total. The predicted molar refractivity (Wildman–Crippen MR) is 70.7 cm³/mol. The molecule has 1 aromatic carbocycles. The average Bonchev–Trinajstić information content (AvgIpc) is 2.41. The van der Waals surface area contributed by atoms with E-state index in [9.17, 15) is 19.5 Å². The zero-order chi connectivity index (χ0) is 14.5. The van der Waals surface area contributed by atoms with Crippen molar-refractivity contribution in [3.63, 3.8) is 0 Å². The van der Waals surface area contributed by atoms with Gasteiger partial charge in [-0.15, -0.1) is 0 Å². The summed E-state index contributed by atoms with van der Waals surface area (Å²) in [7, 11) is 0. The Morgan fingerprint density at radius 3 is 2.80 bits per heavy atom. The Balaban J connectivity index is 1.83. The number of imide groups is 1. The minimum absolute atomic E-state index is 0.154. The van der Waals surface area contributed by atoms with Crippen molar-refractivity contribution in [3.05, 3.63) is 29.8 Å². The van der Waals surface area contributed by atoms with Crippen molar-refractivity contribution in [2.24, 2.45) is 0 Å². The molecule has 20 heavy (non-hydrogen) atoms. The Morgan fingerprint density at radius 1 is 1.35 bits per heavy atom. The van der Waals surface area contributed by atoms with E-state index in [-0.39, 0.29) is 30.4 Å². The smallest absolute Gasteiger partial charge is 0.249 e. The number of aromatic hydroxyl groups is 1. The number of hydrogen-bond donors (Lipinski definition) is 3. The second-order valence-electron chi connectivity index (χ2n) is 4.70. The number of phenols is 1. The first-order valence-corrected chi connectivity index (χ1v) is 6.46. The number of carbonyl (C=O) groups excluding carboxylic acids is 3. The van der Waals surface area contributed by atoms with Crippen molar-refractivity contribution < 1.29 is 19.5 Å². The molecule has 3 N–H and O–H groups in total. The van der Waals surface area contributed by atoms with Crippen LogP contribution in [0, 0.1) is 0 Å². The summed E-state index contributed by atoms with van der Waals surface area (Å²) >= 11 is 0. The molecule has 3 amide bonds. The fraction of sp³-hybridized carbons (Fsp3) is 0.357. The summed E-state index contributed by atoms with van der Waals surface area (Å²) in [6.45, 7) is 0. The quantitative estimate of drug-likeness (QED) is 0.687. The predicted octanol–water partition coefficient (Wildman–Crippen LogP) is 0.246. The van der Waals surface area contributed by atoms with Crippen LogP contribution in [0.3, 0.4) is 0 Å². The highest BCUT2D eigenvalue weighted by Crippen LogP contribution is 2.17. The molecule has 1 aliphatic heterocycles. The van der Waals surface area contributed by atoms with Gasteiger partial charge in [0.25, 0.3) is 0 Å². The van der Waals surface area contributed by atoms with Gasteiger partial charge in [0.15, 0.2) is 0 Å². The number of carbonyl (C=O) groups is 3. The molecule has 0 saturated carbocycles. The molecule has 1 saturated heterocycles. The van der Waals surface area contributed by atoms with E-state index in [1.165, 1.54) is 0 Å². The fourth-order valence-corrected chi connectivity index (χ4v) is 2.07. The van der Waals surface area contributed by atoms with Gasteiger partial charge in [-0.3, -0.25) is 19.7 Å².